The Morgan fingerprint density at radius 3 is 2.84 bits per heavy atom. The van der Waals surface area contributed by atoms with Crippen LogP contribution in [0.4, 0.5) is 0 Å². The van der Waals surface area contributed by atoms with Crippen LogP contribution in [0, 0.1) is 0 Å². The van der Waals surface area contributed by atoms with E-state index in [1.165, 1.54) is 6.42 Å². The first-order valence-electron chi connectivity index (χ1n) is 7.35. The van der Waals surface area contributed by atoms with Gasteiger partial charge in [-0.1, -0.05) is 24.4 Å². The molecule has 0 amide bonds. The average molecular weight is 266 g/mol. The highest BCUT2D eigenvalue weighted by molar-refractivity contribution is 5.05. The molecular weight excluding hydrogens is 244 g/mol. The van der Waals surface area contributed by atoms with Crippen LogP contribution in [0.1, 0.15) is 69.5 Å². The van der Waals surface area contributed by atoms with Gasteiger partial charge >= 0.3 is 0 Å². The summed E-state index contributed by atoms with van der Waals surface area (Å²) in [6.45, 7) is 2.77. The van der Waals surface area contributed by atoms with Crippen molar-refractivity contribution < 1.29 is 14.4 Å². The Morgan fingerprint density at radius 2 is 2.05 bits per heavy atom. The van der Waals surface area contributed by atoms with Gasteiger partial charge in [-0.3, -0.25) is 0 Å². The van der Waals surface area contributed by atoms with Crippen LogP contribution in [0.15, 0.2) is 4.52 Å². The minimum absolute atomic E-state index is 0.00578. The van der Waals surface area contributed by atoms with Gasteiger partial charge < -0.3 is 14.4 Å². The van der Waals surface area contributed by atoms with Gasteiger partial charge in [-0.2, -0.15) is 4.98 Å². The highest BCUT2D eigenvalue weighted by Crippen LogP contribution is 2.36. The van der Waals surface area contributed by atoms with Gasteiger partial charge in [0.25, 0.3) is 0 Å². The lowest BCUT2D eigenvalue weighted by molar-refractivity contribution is 0.00768. The van der Waals surface area contributed by atoms with E-state index >= 15 is 0 Å². The second kappa shape index (κ2) is 5.21. The van der Waals surface area contributed by atoms with E-state index in [1.807, 2.05) is 6.92 Å². The molecule has 0 bridgehead atoms. The molecule has 3 atom stereocenters. The Kier molecular flexibility index (Phi) is 3.58. The van der Waals surface area contributed by atoms with Crippen LogP contribution in [0.2, 0.25) is 0 Å². The standard InChI is InChI=1S/C14H22N2O3/c1-14(8-5-9-18-14)13-15-12(19-16-13)10-6-3-2-4-7-11(10)17/h10-11,17H,2-9H2,1H3. The highest BCUT2D eigenvalue weighted by atomic mass is 16.5. The molecule has 2 heterocycles. The molecule has 106 valence electrons. The number of aliphatic hydroxyl groups excluding tert-OH is 1. The van der Waals surface area contributed by atoms with Gasteiger partial charge in [0.2, 0.25) is 11.7 Å². The van der Waals surface area contributed by atoms with Crippen molar-refractivity contribution in [2.24, 2.45) is 0 Å². The molecule has 1 aliphatic carbocycles. The van der Waals surface area contributed by atoms with Crippen LogP contribution in [0.5, 0.6) is 0 Å². The first kappa shape index (κ1) is 13.1. The Labute approximate surface area is 113 Å². The maximum absolute atomic E-state index is 10.2. The summed E-state index contributed by atoms with van der Waals surface area (Å²) in [7, 11) is 0. The maximum atomic E-state index is 10.2. The van der Waals surface area contributed by atoms with Gasteiger partial charge in [-0.25, -0.2) is 0 Å². The zero-order valence-corrected chi connectivity index (χ0v) is 11.5. The number of rotatable bonds is 2. The van der Waals surface area contributed by atoms with Gasteiger partial charge in [-0.05, 0) is 32.6 Å². The Hall–Kier alpha value is -0.940. The van der Waals surface area contributed by atoms with E-state index in [-0.39, 0.29) is 12.0 Å². The number of hydrogen-bond acceptors (Lipinski definition) is 5. The minimum atomic E-state index is -0.405. The van der Waals surface area contributed by atoms with E-state index in [2.05, 4.69) is 10.1 Å². The largest absolute Gasteiger partial charge is 0.392 e. The van der Waals surface area contributed by atoms with Crippen LogP contribution in [0.25, 0.3) is 0 Å². The number of aromatic nitrogens is 2. The zero-order chi connectivity index (χ0) is 13.3. The first-order valence-corrected chi connectivity index (χ1v) is 7.35. The van der Waals surface area contributed by atoms with E-state index in [1.54, 1.807) is 0 Å². The zero-order valence-electron chi connectivity index (χ0n) is 11.5. The molecule has 3 rings (SSSR count). The SMILES string of the molecule is CC1(c2noc(C3CCCCCC3O)n2)CCCO1. The van der Waals surface area contributed by atoms with Crippen LogP contribution in [0.3, 0.4) is 0 Å². The van der Waals surface area contributed by atoms with Crippen molar-refractivity contribution in [3.05, 3.63) is 11.7 Å². The summed E-state index contributed by atoms with van der Waals surface area (Å²) >= 11 is 0. The Balaban J connectivity index is 1.80. The van der Waals surface area contributed by atoms with E-state index < -0.39 is 5.60 Å². The number of aliphatic hydroxyl groups is 1. The summed E-state index contributed by atoms with van der Waals surface area (Å²) < 4.78 is 11.1. The molecule has 2 fully saturated rings. The lowest BCUT2D eigenvalue weighted by atomic mass is 9.97. The first-order chi connectivity index (χ1) is 9.19. The van der Waals surface area contributed by atoms with Crippen LogP contribution in [-0.4, -0.2) is 28.0 Å². The minimum Gasteiger partial charge on any atom is -0.392 e. The van der Waals surface area contributed by atoms with E-state index in [9.17, 15) is 5.11 Å². The molecule has 1 aromatic heterocycles. The molecule has 19 heavy (non-hydrogen) atoms. The predicted molar refractivity (Wildman–Crippen MR) is 68.7 cm³/mol. The molecule has 1 aromatic rings. The lowest BCUT2D eigenvalue weighted by Gasteiger charge is -2.18. The van der Waals surface area contributed by atoms with E-state index in [4.69, 9.17) is 9.26 Å². The third-order valence-electron chi connectivity index (χ3n) is 4.43. The fraction of sp³-hybridized carbons (Fsp3) is 0.857. The summed E-state index contributed by atoms with van der Waals surface area (Å²) in [5.74, 6) is 1.21. The summed E-state index contributed by atoms with van der Waals surface area (Å²) in [5.41, 5.74) is -0.405. The van der Waals surface area contributed by atoms with Crippen molar-refractivity contribution in [3.8, 4) is 0 Å². The summed E-state index contributed by atoms with van der Waals surface area (Å²) in [6.07, 6.45) is 6.75. The smallest absolute Gasteiger partial charge is 0.232 e. The lowest BCUT2D eigenvalue weighted by Crippen LogP contribution is -2.22. The highest BCUT2D eigenvalue weighted by Gasteiger charge is 2.38. The Bertz CT molecular complexity index is 426. The summed E-state index contributed by atoms with van der Waals surface area (Å²) in [5, 5.41) is 14.3. The predicted octanol–water partition coefficient (Wildman–Crippen LogP) is 2.50. The molecule has 5 nitrogen and oxygen atoms in total. The topological polar surface area (TPSA) is 68.4 Å². The monoisotopic (exact) mass is 266 g/mol. The second-order valence-corrected chi connectivity index (χ2v) is 5.95. The number of nitrogens with zero attached hydrogens (tertiary/aromatic N) is 2. The molecule has 0 aromatic carbocycles. The van der Waals surface area contributed by atoms with Crippen molar-refractivity contribution in [2.75, 3.05) is 6.61 Å². The third kappa shape index (κ3) is 2.54. The fourth-order valence-electron chi connectivity index (χ4n) is 3.13. The summed E-state index contributed by atoms with van der Waals surface area (Å²) in [6, 6.07) is 0. The quantitative estimate of drug-likeness (QED) is 0.833. The fourth-order valence-corrected chi connectivity index (χ4v) is 3.13. The molecule has 1 saturated heterocycles. The normalized spacial score (nSPS) is 36.3. The van der Waals surface area contributed by atoms with Crippen LogP contribution < -0.4 is 0 Å². The molecule has 1 aliphatic heterocycles. The Morgan fingerprint density at radius 1 is 1.21 bits per heavy atom. The molecule has 0 spiro atoms. The van der Waals surface area contributed by atoms with Gasteiger partial charge in [0.15, 0.2) is 0 Å². The number of hydrogen-bond donors (Lipinski definition) is 1. The van der Waals surface area contributed by atoms with Crippen molar-refractivity contribution >= 4 is 0 Å². The van der Waals surface area contributed by atoms with Crippen molar-refractivity contribution in [1.29, 1.82) is 0 Å². The third-order valence-corrected chi connectivity index (χ3v) is 4.43. The van der Waals surface area contributed by atoms with E-state index in [0.717, 1.165) is 45.1 Å². The molecule has 1 N–H and O–H groups in total. The van der Waals surface area contributed by atoms with Crippen LogP contribution >= 0.6 is 0 Å². The molecule has 1 saturated carbocycles. The molecule has 5 heteroatoms. The second-order valence-electron chi connectivity index (χ2n) is 5.95. The molecular formula is C14H22N2O3. The molecule has 3 unspecified atom stereocenters. The van der Waals surface area contributed by atoms with Gasteiger partial charge in [0, 0.05) is 6.61 Å². The van der Waals surface area contributed by atoms with Gasteiger partial charge in [0.1, 0.15) is 5.60 Å². The molecule has 2 aliphatic rings. The van der Waals surface area contributed by atoms with Crippen molar-refractivity contribution in [2.45, 2.75) is 69.5 Å². The summed E-state index contributed by atoms with van der Waals surface area (Å²) in [4.78, 5) is 4.52. The van der Waals surface area contributed by atoms with E-state index in [0.29, 0.717) is 11.7 Å². The van der Waals surface area contributed by atoms with Gasteiger partial charge in [0.05, 0.1) is 12.0 Å². The van der Waals surface area contributed by atoms with Gasteiger partial charge in [-0.15, -0.1) is 0 Å². The van der Waals surface area contributed by atoms with Crippen molar-refractivity contribution in [3.63, 3.8) is 0 Å². The van der Waals surface area contributed by atoms with Crippen LogP contribution in [-0.2, 0) is 10.3 Å². The maximum Gasteiger partial charge on any atom is 0.232 e. The van der Waals surface area contributed by atoms with Crippen molar-refractivity contribution in [1.82, 2.24) is 10.1 Å². The molecule has 0 radical (unpaired) electrons. The average Bonchev–Trinajstić information content (AvgIpc) is 2.99. The number of ether oxygens (including phenoxy) is 1.